The third-order valence-corrected chi connectivity index (χ3v) is 18.0. The fourth-order valence-electron chi connectivity index (χ4n) is 11.8. The van der Waals surface area contributed by atoms with Crippen LogP contribution in [0.5, 0.6) is 0 Å². The first kappa shape index (κ1) is 60.5. The molecule has 14 rings (SSSR count). The first-order chi connectivity index (χ1) is 41.7. The van der Waals surface area contributed by atoms with Crippen LogP contribution in [-0.4, -0.2) is 75.2 Å². The average Bonchev–Trinajstić information content (AvgIpc) is 1.72. The summed E-state index contributed by atoms with van der Waals surface area (Å²) in [6, 6.07) is 29.0. The van der Waals surface area contributed by atoms with Gasteiger partial charge in [0, 0.05) is 67.8 Å². The van der Waals surface area contributed by atoms with E-state index in [1.165, 1.54) is 36.4 Å². The summed E-state index contributed by atoms with van der Waals surface area (Å²) in [7, 11) is 0. The maximum absolute atomic E-state index is 13.1. The Kier molecular flexibility index (Phi) is 17.3. The Morgan fingerprint density at radius 2 is 0.897 bits per heavy atom. The molecule has 20 heteroatoms. The van der Waals surface area contributed by atoms with Crippen molar-refractivity contribution in [2.45, 2.75) is 145 Å². The van der Waals surface area contributed by atoms with E-state index < -0.39 is 21.8 Å². The van der Waals surface area contributed by atoms with Crippen LogP contribution < -0.4 is 31.1 Å². The van der Waals surface area contributed by atoms with E-state index in [2.05, 4.69) is 21.3 Å². The number of benzene rings is 3. The molecule has 3 aromatic carbocycles. The van der Waals surface area contributed by atoms with Crippen molar-refractivity contribution in [1.82, 2.24) is 15.0 Å². The highest BCUT2D eigenvalue weighted by Gasteiger charge is 2.50. The molecule has 6 heterocycles. The number of pyridine rings is 3. The number of hydrogen-bond acceptors (Lipinski definition) is 11. The number of anilines is 6. The molecule has 5 aliphatic carbocycles. The van der Waals surface area contributed by atoms with Crippen LogP contribution in [0.2, 0.25) is 0 Å². The highest BCUT2D eigenvalue weighted by molar-refractivity contribution is 6.64. The van der Waals surface area contributed by atoms with Crippen LogP contribution in [0.4, 0.5) is 52.1 Å². The Morgan fingerprint density at radius 1 is 0.517 bits per heavy atom. The molecule has 0 atom stereocenters. The molecular formula is C67H71ClF3N9O7. The minimum absolute atomic E-state index is 0.0474. The van der Waals surface area contributed by atoms with Gasteiger partial charge in [-0.1, -0.05) is 19.3 Å². The second-order valence-electron chi connectivity index (χ2n) is 24.9. The van der Waals surface area contributed by atoms with Gasteiger partial charge in [-0.15, -0.1) is 0 Å². The van der Waals surface area contributed by atoms with Crippen LogP contribution in [0, 0.1) is 29.3 Å². The highest BCUT2D eigenvalue weighted by atomic mass is 35.5. The molecule has 3 aliphatic heterocycles. The predicted molar refractivity (Wildman–Crippen MR) is 326 cm³/mol. The quantitative estimate of drug-likeness (QED) is 0.0898. The van der Waals surface area contributed by atoms with Crippen molar-refractivity contribution in [2.24, 2.45) is 11.8 Å². The van der Waals surface area contributed by atoms with E-state index in [1.54, 1.807) is 41.3 Å². The number of nitrogens with zero attached hydrogens (tertiary/aromatic N) is 5. The lowest BCUT2D eigenvalue weighted by atomic mass is 9.65. The van der Waals surface area contributed by atoms with Gasteiger partial charge in [-0.2, -0.15) is 0 Å². The monoisotopic (exact) mass is 1210 g/mol. The number of hydrogen-bond donors (Lipinski definition) is 4. The number of nitrogens with one attached hydrogen (secondary N) is 4. The van der Waals surface area contributed by atoms with Crippen molar-refractivity contribution < 1.29 is 46.7 Å². The minimum atomic E-state index is -0.692. The van der Waals surface area contributed by atoms with Gasteiger partial charge >= 0.3 is 6.09 Å². The summed E-state index contributed by atoms with van der Waals surface area (Å²) in [4.78, 5) is 91.7. The zero-order valence-corrected chi connectivity index (χ0v) is 49.8. The normalized spacial score (nSPS) is 18.4. The molecule has 6 aromatic rings. The van der Waals surface area contributed by atoms with E-state index in [0.717, 1.165) is 141 Å². The molecule has 454 valence electrons. The number of carbonyl (C=O) groups is 6. The topological polar surface area (TPSA) is 205 Å². The van der Waals surface area contributed by atoms with Crippen molar-refractivity contribution in [2.75, 3.05) is 50.7 Å². The zero-order chi connectivity index (χ0) is 61.3. The highest BCUT2D eigenvalue weighted by Crippen LogP contribution is 2.48. The van der Waals surface area contributed by atoms with Gasteiger partial charge < -0.3 is 30.9 Å². The summed E-state index contributed by atoms with van der Waals surface area (Å²) in [6.07, 6.45) is 13.3. The molecule has 0 radical (unpaired) electrons. The lowest BCUT2D eigenvalue weighted by Gasteiger charge is -2.39. The number of amides is 5. The van der Waals surface area contributed by atoms with Crippen molar-refractivity contribution in [1.29, 1.82) is 0 Å². The Hall–Kier alpha value is -8.19. The first-order valence-electron chi connectivity index (χ1n) is 30.2. The van der Waals surface area contributed by atoms with E-state index in [9.17, 15) is 41.9 Å². The van der Waals surface area contributed by atoms with Crippen LogP contribution in [-0.2, 0) is 64.2 Å². The smallest absolute Gasteiger partial charge is 0.414 e. The summed E-state index contributed by atoms with van der Waals surface area (Å²) < 4.78 is 44.8. The number of ether oxygens (including phenoxy) is 1. The molecule has 5 fully saturated rings. The van der Waals surface area contributed by atoms with Gasteiger partial charge in [0.15, 0.2) is 0 Å². The number of aromatic nitrogens is 3. The van der Waals surface area contributed by atoms with Crippen LogP contribution in [0.1, 0.15) is 138 Å². The predicted octanol–water partition coefficient (Wildman–Crippen LogP) is 12.6. The molecule has 8 aliphatic rings. The Bertz CT molecular complexity index is 3600. The van der Waals surface area contributed by atoms with Crippen LogP contribution in [0.15, 0.2) is 109 Å². The van der Waals surface area contributed by atoms with Gasteiger partial charge in [0.25, 0.3) is 0 Å². The third-order valence-electron chi connectivity index (χ3n) is 17.7. The summed E-state index contributed by atoms with van der Waals surface area (Å²) in [5.41, 5.74) is 7.12. The van der Waals surface area contributed by atoms with Gasteiger partial charge in [-0.25, -0.2) is 18.0 Å². The number of rotatable bonds is 11. The van der Waals surface area contributed by atoms with Gasteiger partial charge in [-0.3, -0.25) is 43.8 Å². The van der Waals surface area contributed by atoms with Crippen molar-refractivity contribution in [3.8, 4) is 0 Å². The molecule has 5 amide bonds. The molecule has 0 spiro atoms. The molecule has 0 unspecified atom stereocenters. The van der Waals surface area contributed by atoms with Crippen LogP contribution in [0.3, 0.4) is 0 Å². The third kappa shape index (κ3) is 13.2. The Balaban J connectivity index is 0.000000129. The molecule has 16 nitrogen and oxygen atoms in total. The fourth-order valence-corrected chi connectivity index (χ4v) is 12.0. The summed E-state index contributed by atoms with van der Waals surface area (Å²) >= 11 is 5.04. The molecule has 5 saturated carbocycles. The second-order valence-corrected chi connectivity index (χ2v) is 25.2. The second kappa shape index (κ2) is 24.9. The van der Waals surface area contributed by atoms with E-state index in [4.69, 9.17) is 31.3 Å². The molecule has 3 aromatic heterocycles. The summed E-state index contributed by atoms with van der Waals surface area (Å²) in [5.74, 6) is -0.639. The number of fused-ring (bicyclic) bond motifs is 3. The summed E-state index contributed by atoms with van der Waals surface area (Å²) in [5, 5.41) is 11.9. The minimum Gasteiger partial charge on any atom is -0.443 e. The Morgan fingerprint density at radius 3 is 1.25 bits per heavy atom. The lowest BCUT2D eigenvalue weighted by Crippen LogP contribution is -2.46. The first-order valence-corrected chi connectivity index (χ1v) is 30.6. The summed E-state index contributed by atoms with van der Waals surface area (Å²) in [6.45, 7) is 7.60. The fraction of sp³-hybridized carbons (Fsp3) is 0.418. The van der Waals surface area contributed by atoms with Gasteiger partial charge in [0.05, 0.1) is 67.5 Å². The lowest BCUT2D eigenvalue weighted by molar-refractivity contribution is -0.125. The molecule has 0 saturated heterocycles. The largest absolute Gasteiger partial charge is 0.443 e. The van der Waals surface area contributed by atoms with Crippen molar-refractivity contribution >= 4 is 80.7 Å². The van der Waals surface area contributed by atoms with E-state index >= 15 is 0 Å². The van der Waals surface area contributed by atoms with Gasteiger partial charge in [-0.05, 0) is 206 Å². The number of carbonyl (C=O) groups excluding carboxylic acids is 6. The number of halogens is 4. The molecule has 4 N–H and O–H groups in total. The van der Waals surface area contributed by atoms with Gasteiger partial charge in [0.2, 0.25) is 28.9 Å². The molecule has 87 heavy (non-hydrogen) atoms. The van der Waals surface area contributed by atoms with Crippen molar-refractivity contribution in [3.63, 3.8) is 0 Å². The van der Waals surface area contributed by atoms with Crippen LogP contribution >= 0.6 is 11.6 Å². The van der Waals surface area contributed by atoms with Crippen LogP contribution in [0.25, 0.3) is 0 Å². The van der Waals surface area contributed by atoms with E-state index in [1.807, 2.05) is 62.1 Å². The SMILES string of the molecule is CC(C)(C)OC(=O)N1CCc2nc(C3(C(=O)Nc4ccc(F)cc4)CCC3)ccc21.O=C(C1CC1)N1CCc2nc(C3(C(=O)Nc4ccc(F)cc4)CCC3)ccc21.O=C(Cl)C1CC1.O=C(Nc1ccc(F)cc1)C1(c2ccc3c(n2)CCN3)CCC1. The van der Waals surface area contributed by atoms with E-state index in [0.29, 0.717) is 49.4 Å². The average molecular weight is 1210 g/mol. The Labute approximate surface area is 508 Å². The standard InChI is InChI=1S/C23H26FN3O3.C22H22FN3O2.C18H18FN3O.C4H5ClO/c1-22(2,3)30-21(29)27-14-11-17-18(27)9-10-19(26-17)23(12-4-13-23)20(28)25-16-7-5-15(24)6-8-16;23-15-4-6-16(7-5-15)24-21(28)22(11-1-12-22)19-9-8-18-17(25-19)10-13-26(18)20(27)14-2-3-14;19-12-2-4-13(5-3-12)21-17(23)18(9-1-10-18)16-7-6-14-15(22-16)8-11-20-14;5-4(6)3-1-2-3/h5-10H,4,11-14H2,1-3H3,(H,25,28);4-9,14H,1-3,10-13H2,(H,24,28);2-7,20H,1,8-11H2,(H,21,23);3H,1-2H2. The zero-order valence-electron chi connectivity index (χ0n) is 49.1. The van der Waals surface area contributed by atoms with Gasteiger partial charge in [0.1, 0.15) is 23.1 Å². The van der Waals surface area contributed by atoms with Crippen molar-refractivity contribution in [3.05, 3.63) is 161 Å². The molecule has 0 bridgehead atoms. The van der Waals surface area contributed by atoms with E-state index in [-0.39, 0.29) is 64.3 Å². The maximum Gasteiger partial charge on any atom is 0.414 e. The maximum atomic E-state index is 13.1. The molecular weight excluding hydrogens is 1140 g/mol.